The topological polar surface area (TPSA) is 63.4 Å². The summed E-state index contributed by atoms with van der Waals surface area (Å²) in [6, 6.07) is 6.23. The van der Waals surface area contributed by atoms with Crippen molar-refractivity contribution in [2.24, 2.45) is 0 Å². The monoisotopic (exact) mass is 310 g/mol. The number of hydrogen-bond donors (Lipinski definition) is 1. The average molecular weight is 310 g/mol. The lowest BCUT2D eigenvalue weighted by Gasteiger charge is -2.23. The third-order valence-corrected chi connectivity index (χ3v) is 4.59. The van der Waals surface area contributed by atoms with Crippen LogP contribution in [0.25, 0.3) is 0 Å². The van der Waals surface area contributed by atoms with Crippen molar-refractivity contribution in [1.82, 2.24) is 0 Å². The van der Waals surface area contributed by atoms with Gasteiger partial charge in [-0.25, -0.2) is 8.42 Å². The molecule has 0 heterocycles. The van der Waals surface area contributed by atoms with Crippen molar-refractivity contribution < 1.29 is 21.6 Å². The number of sulfonamides is 1. The Morgan fingerprint density at radius 1 is 1.30 bits per heavy atom. The van der Waals surface area contributed by atoms with Crippen LogP contribution in [0.5, 0.6) is 0 Å². The van der Waals surface area contributed by atoms with Gasteiger partial charge in [-0.05, 0) is 31.5 Å². The number of alkyl halides is 3. The van der Waals surface area contributed by atoms with E-state index in [4.69, 9.17) is 5.73 Å². The van der Waals surface area contributed by atoms with Gasteiger partial charge in [0.05, 0.1) is 11.4 Å². The molecule has 20 heavy (non-hydrogen) atoms. The molecule has 0 aliphatic heterocycles. The van der Waals surface area contributed by atoms with E-state index >= 15 is 0 Å². The third kappa shape index (κ3) is 4.92. The number of hydrogen-bond acceptors (Lipinski definition) is 3. The van der Waals surface area contributed by atoms with Crippen LogP contribution in [-0.2, 0) is 10.0 Å². The largest absolute Gasteiger partial charge is 0.399 e. The fourth-order valence-electron chi connectivity index (χ4n) is 1.79. The summed E-state index contributed by atoms with van der Waals surface area (Å²) in [6.07, 6.45) is -5.91. The van der Waals surface area contributed by atoms with E-state index in [1.54, 1.807) is 25.1 Å². The van der Waals surface area contributed by atoms with Crippen LogP contribution in [0.4, 0.5) is 24.5 Å². The van der Waals surface area contributed by atoms with Gasteiger partial charge in [0, 0.05) is 18.7 Å². The molecule has 0 atom stereocenters. The number of nitrogen functional groups attached to an aromatic ring is 1. The lowest BCUT2D eigenvalue weighted by molar-refractivity contribution is -0.134. The number of rotatable bonds is 6. The molecular formula is C12H17F3N2O2S. The van der Waals surface area contributed by atoms with Crippen molar-refractivity contribution in [2.45, 2.75) is 25.9 Å². The van der Waals surface area contributed by atoms with Gasteiger partial charge >= 0.3 is 6.18 Å². The Bertz CT molecular complexity index is 544. The molecule has 2 N–H and O–H groups in total. The first-order valence-electron chi connectivity index (χ1n) is 6.08. The number of anilines is 2. The van der Waals surface area contributed by atoms with Gasteiger partial charge in [-0.2, -0.15) is 13.2 Å². The zero-order valence-corrected chi connectivity index (χ0v) is 11.8. The zero-order valence-electron chi connectivity index (χ0n) is 11.0. The Balaban J connectivity index is 2.83. The summed E-state index contributed by atoms with van der Waals surface area (Å²) in [5.74, 6) is -0.546. The average Bonchev–Trinajstić information content (AvgIpc) is 2.27. The van der Waals surface area contributed by atoms with E-state index in [1.165, 1.54) is 6.07 Å². The van der Waals surface area contributed by atoms with Crippen molar-refractivity contribution in [3.05, 3.63) is 24.3 Å². The van der Waals surface area contributed by atoms with E-state index in [9.17, 15) is 21.6 Å². The highest BCUT2D eigenvalue weighted by atomic mass is 32.2. The van der Waals surface area contributed by atoms with Crippen molar-refractivity contribution in [2.75, 3.05) is 22.3 Å². The number of nitrogens with two attached hydrogens (primary N) is 1. The summed E-state index contributed by atoms with van der Waals surface area (Å²) in [4.78, 5) is 0. The van der Waals surface area contributed by atoms with Crippen LogP contribution in [0.3, 0.4) is 0 Å². The molecule has 4 nitrogen and oxygen atoms in total. The quantitative estimate of drug-likeness (QED) is 0.822. The summed E-state index contributed by atoms with van der Waals surface area (Å²) >= 11 is 0. The minimum Gasteiger partial charge on any atom is -0.399 e. The molecule has 0 saturated carbocycles. The zero-order chi connectivity index (χ0) is 15.4. The van der Waals surface area contributed by atoms with E-state index in [2.05, 4.69) is 0 Å². The fraction of sp³-hybridized carbons (Fsp3) is 0.500. The molecule has 0 bridgehead atoms. The fourth-order valence-corrected chi connectivity index (χ4v) is 3.34. The Labute approximate surface area is 116 Å². The van der Waals surface area contributed by atoms with Crippen molar-refractivity contribution in [3.63, 3.8) is 0 Å². The SMILES string of the molecule is CCN(c1cccc(N)c1)S(=O)(=O)CCCC(F)(F)F. The Morgan fingerprint density at radius 3 is 2.45 bits per heavy atom. The smallest absolute Gasteiger partial charge is 0.389 e. The molecule has 1 aromatic rings. The predicted octanol–water partition coefficient (Wildman–Crippen LogP) is 2.77. The van der Waals surface area contributed by atoms with E-state index in [0.29, 0.717) is 11.4 Å². The van der Waals surface area contributed by atoms with E-state index in [0.717, 1.165) is 4.31 Å². The van der Waals surface area contributed by atoms with Gasteiger partial charge in [0.1, 0.15) is 0 Å². The molecule has 0 saturated heterocycles. The molecule has 0 aromatic heterocycles. The Hall–Kier alpha value is -1.44. The van der Waals surface area contributed by atoms with Gasteiger partial charge in [0.15, 0.2) is 0 Å². The highest BCUT2D eigenvalue weighted by Gasteiger charge is 2.29. The summed E-state index contributed by atoms with van der Waals surface area (Å²) in [7, 11) is -3.79. The molecule has 0 amide bonds. The van der Waals surface area contributed by atoms with Crippen molar-refractivity contribution in [1.29, 1.82) is 0 Å². The molecule has 0 unspecified atom stereocenters. The standard InChI is InChI=1S/C12H17F3N2O2S/c1-2-17(11-6-3-5-10(16)9-11)20(18,19)8-4-7-12(13,14)15/h3,5-6,9H,2,4,7-8,16H2,1H3. The summed E-state index contributed by atoms with van der Waals surface area (Å²) < 4.78 is 61.4. The molecule has 1 rings (SSSR count). The van der Waals surface area contributed by atoms with Crippen LogP contribution in [-0.4, -0.2) is 26.9 Å². The van der Waals surface area contributed by atoms with Crippen LogP contribution in [0.15, 0.2) is 24.3 Å². The van der Waals surface area contributed by atoms with Gasteiger partial charge in [-0.1, -0.05) is 6.07 Å². The highest BCUT2D eigenvalue weighted by molar-refractivity contribution is 7.92. The van der Waals surface area contributed by atoms with E-state index < -0.39 is 34.8 Å². The summed E-state index contributed by atoms with van der Waals surface area (Å²) in [6.45, 7) is 1.75. The minimum atomic E-state index is -4.34. The van der Waals surface area contributed by atoms with Crippen LogP contribution in [0.1, 0.15) is 19.8 Å². The summed E-state index contributed by atoms with van der Waals surface area (Å²) in [5, 5.41) is 0. The molecule has 0 aliphatic rings. The second kappa shape index (κ2) is 6.34. The first kappa shape index (κ1) is 16.6. The van der Waals surface area contributed by atoms with Gasteiger partial charge in [0.2, 0.25) is 10.0 Å². The van der Waals surface area contributed by atoms with E-state index in [1.807, 2.05) is 0 Å². The maximum absolute atomic E-state index is 12.1. The number of halogens is 3. The molecule has 0 fully saturated rings. The van der Waals surface area contributed by atoms with Gasteiger partial charge in [-0.3, -0.25) is 4.31 Å². The third-order valence-electron chi connectivity index (χ3n) is 2.64. The molecule has 0 spiro atoms. The second-order valence-electron chi connectivity index (χ2n) is 4.29. The molecular weight excluding hydrogens is 293 g/mol. The normalized spacial score (nSPS) is 12.4. The molecule has 8 heteroatoms. The Morgan fingerprint density at radius 2 is 1.95 bits per heavy atom. The lowest BCUT2D eigenvalue weighted by atomic mass is 10.3. The Kier molecular flexibility index (Phi) is 5.27. The second-order valence-corrected chi connectivity index (χ2v) is 6.31. The first-order valence-corrected chi connectivity index (χ1v) is 7.69. The minimum absolute atomic E-state index is 0.137. The maximum atomic E-state index is 12.1. The van der Waals surface area contributed by atoms with Crippen LogP contribution in [0, 0.1) is 0 Å². The van der Waals surface area contributed by atoms with Crippen molar-refractivity contribution in [3.8, 4) is 0 Å². The van der Waals surface area contributed by atoms with Gasteiger partial charge < -0.3 is 5.73 Å². The van der Waals surface area contributed by atoms with Gasteiger partial charge in [0.25, 0.3) is 0 Å². The van der Waals surface area contributed by atoms with Crippen molar-refractivity contribution >= 4 is 21.4 Å². The van der Waals surface area contributed by atoms with Crippen LogP contribution in [0.2, 0.25) is 0 Å². The molecule has 114 valence electrons. The summed E-state index contributed by atoms with van der Waals surface area (Å²) in [5.41, 5.74) is 6.34. The van der Waals surface area contributed by atoms with E-state index in [-0.39, 0.29) is 6.54 Å². The lowest BCUT2D eigenvalue weighted by Crippen LogP contribution is -2.33. The number of benzene rings is 1. The van der Waals surface area contributed by atoms with Crippen LogP contribution >= 0.6 is 0 Å². The predicted molar refractivity (Wildman–Crippen MR) is 73.0 cm³/mol. The highest BCUT2D eigenvalue weighted by Crippen LogP contribution is 2.24. The molecule has 0 radical (unpaired) electrons. The number of nitrogens with zero attached hydrogens (tertiary/aromatic N) is 1. The molecule has 1 aromatic carbocycles. The molecule has 0 aliphatic carbocycles. The van der Waals surface area contributed by atoms with Crippen LogP contribution < -0.4 is 10.0 Å². The maximum Gasteiger partial charge on any atom is 0.389 e. The van der Waals surface area contributed by atoms with Gasteiger partial charge in [-0.15, -0.1) is 0 Å². The first-order chi connectivity index (χ1) is 9.15.